The molecule has 0 aliphatic heterocycles. The maximum absolute atomic E-state index is 2.36. The summed E-state index contributed by atoms with van der Waals surface area (Å²) in [6.45, 7) is 6.77. The van der Waals surface area contributed by atoms with Gasteiger partial charge in [0, 0.05) is 33.5 Å². The third kappa shape index (κ3) is 4.65. The molecule has 42 heavy (non-hydrogen) atoms. The van der Waals surface area contributed by atoms with E-state index in [-0.39, 0.29) is 5.41 Å². The van der Waals surface area contributed by atoms with Crippen molar-refractivity contribution in [3.8, 4) is 16.8 Å². The average Bonchev–Trinajstić information content (AvgIpc) is 3.37. The second-order valence-corrected chi connectivity index (χ2v) is 11.9. The van der Waals surface area contributed by atoms with Gasteiger partial charge in [0.15, 0.2) is 0 Å². The van der Waals surface area contributed by atoms with Crippen molar-refractivity contribution in [3.63, 3.8) is 0 Å². The number of hydrogen-bond acceptors (Lipinski definition) is 1. The second-order valence-electron chi connectivity index (χ2n) is 11.9. The van der Waals surface area contributed by atoms with E-state index in [2.05, 4.69) is 182 Å². The lowest BCUT2D eigenvalue weighted by Crippen LogP contribution is -2.13. The third-order valence-electron chi connectivity index (χ3n) is 8.17. The van der Waals surface area contributed by atoms with Gasteiger partial charge in [-0.25, -0.2) is 0 Å². The van der Waals surface area contributed by atoms with Crippen LogP contribution in [-0.4, -0.2) is 4.57 Å². The molecule has 0 N–H and O–H groups in total. The van der Waals surface area contributed by atoms with E-state index in [9.17, 15) is 0 Å². The molecule has 204 valence electrons. The minimum atomic E-state index is 0.120. The molecule has 1 aromatic heterocycles. The van der Waals surface area contributed by atoms with Crippen LogP contribution in [0.1, 0.15) is 26.3 Å². The number of para-hydroxylation sites is 3. The van der Waals surface area contributed by atoms with Gasteiger partial charge in [-0.1, -0.05) is 112 Å². The van der Waals surface area contributed by atoms with Gasteiger partial charge in [-0.05, 0) is 82.8 Å². The lowest BCUT2D eigenvalue weighted by atomic mass is 9.87. The number of aromatic nitrogens is 1. The quantitative estimate of drug-likeness (QED) is 0.210. The van der Waals surface area contributed by atoms with Gasteiger partial charge in [0.05, 0.1) is 11.0 Å². The Morgan fingerprint density at radius 1 is 0.429 bits per heavy atom. The molecule has 0 spiro atoms. The van der Waals surface area contributed by atoms with Crippen molar-refractivity contribution < 1.29 is 0 Å². The standard InChI is InChI=1S/C40H34N2/c1-40(2,3)31-21-27-34(28-22-31)41(32-11-5-4-6-12-32)33-23-17-29(18-24-33)30-19-25-35(26-20-30)42-38-15-9-7-13-36(38)37-14-8-10-16-39(37)42/h4-28H,1-3H3. The molecule has 0 aliphatic rings. The van der Waals surface area contributed by atoms with Crippen LogP contribution in [0.5, 0.6) is 0 Å². The molecule has 7 aromatic rings. The first kappa shape index (κ1) is 25.9. The monoisotopic (exact) mass is 542 g/mol. The Labute approximate surface area is 248 Å². The van der Waals surface area contributed by atoms with Gasteiger partial charge in [0.2, 0.25) is 0 Å². The first-order valence-electron chi connectivity index (χ1n) is 14.6. The molecule has 0 aliphatic carbocycles. The molecule has 7 rings (SSSR count). The van der Waals surface area contributed by atoms with Crippen LogP contribution in [0.15, 0.2) is 152 Å². The van der Waals surface area contributed by atoms with Crippen LogP contribution in [0.4, 0.5) is 17.1 Å². The van der Waals surface area contributed by atoms with Crippen LogP contribution < -0.4 is 4.90 Å². The SMILES string of the molecule is CC(C)(C)c1ccc(N(c2ccccc2)c2ccc(-c3ccc(-n4c5ccccc5c5ccccc54)cc3)cc2)cc1. The molecule has 1 heterocycles. The highest BCUT2D eigenvalue weighted by Crippen LogP contribution is 2.37. The molecule has 0 saturated heterocycles. The topological polar surface area (TPSA) is 8.17 Å². The summed E-state index contributed by atoms with van der Waals surface area (Å²) in [4.78, 5) is 2.32. The zero-order valence-electron chi connectivity index (χ0n) is 24.3. The van der Waals surface area contributed by atoms with Crippen LogP contribution in [0, 0.1) is 0 Å². The van der Waals surface area contributed by atoms with Crippen LogP contribution in [0.25, 0.3) is 38.6 Å². The number of rotatable bonds is 5. The molecule has 0 atom stereocenters. The van der Waals surface area contributed by atoms with Gasteiger partial charge in [0.25, 0.3) is 0 Å². The molecule has 0 radical (unpaired) electrons. The summed E-state index contributed by atoms with van der Waals surface area (Å²) in [6.07, 6.45) is 0. The van der Waals surface area contributed by atoms with E-state index in [1.54, 1.807) is 0 Å². The average molecular weight is 543 g/mol. The highest BCUT2D eigenvalue weighted by Gasteiger charge is 2.17. The van der Waals surface area contributed by atoms with E-state index in [0.717, 1.165) is 17.1 Å². The molecule has 0 fully saturated rings. The Hall–Kier alpha value is -5.08. The second kappa shape index (κ2) is 10.4. The van der Waals surface area contributed by atoms with Gasteiger partial charge in [0.1, 0.15) is 0 Å². The third-order valence-corrected chi connectivity index (χ3v) is 8.17. The molecular weight excluding hydrogens is 508 g/mol. The largest absolute Gasteiger partial charge is 0.311 e. The molecule has 0 amide bonds. The molecule has 0 unspecified atom stereocenters. The number of benzene rings is 6. The smallest absolute Gasteiger partial charge is 0.0541 e. The van der Waals surface area contributed by atoms with E-state index in [1.807, 2.05) is 0 Å². The van der Waals surface area contributed by atoms with Crippen molar-refractivity contribution in [3.05, 3.63) is 157 Å². The summed E-state index contributed by atoms with van der Waals surface area (Å²) in [5.74, 6) is 0. The van der Waals surface area contributed by atoms with Gasteiger partial charge >= 0.3 is 0 Å². The van der Waals surface area contributed by atoms with E-state index in [1.165, 1.54) is 44.2 Å². The predicted octanol–water partition coefficient (Wildman–Crippen LogP) is 11.2. The Morgan fingerprint density at radius 2 is 0.857 bits per heavy atom. The van der Waals surface area contributed by atoms with E-state index in [4.69, 9.17) is 0 Å². The van der Waals surface area contributed by atoms with Crippen LogP contribution in [0.3, 0.4) is 0 Å². The summed E-state index contributed by atoms with van der Waals surface area (Å²) < 4.78 is 2.36. The number of hydrogen-bond donors (Lipinski definition) is 0. The molecule has 0 saturated carbocycles. The lowest BCUT2D eigenvalue weighted by molar-refractivity contribution is 0.590. The first-order chi connectivity index (χ1) is 20.5. The number of fused-ring (bicyclic) bond motifs is 3. The summed E-state index contributed by atoms with van der Waals surface area (Å²) in [5.41, 5.74) is 10.9. The van der Waals surface area contributed by atoms with Crippen molar-refractivity contribution in [1.29, 1.82) is 0 Å². The molecular formula is C40H34N2. The van der Waals surface area contributed by atoms with E-state index >= 15 is 0 Å². The Balaban J connectivity index is 1.22. The fraction of sp³-hybridized carbons (Fsp3) is 0.100. The van der Waals surface area contributed by atoms with Gasteiger partial charge in [-0.2, -0.15) is 0 Å². The van der Waals surface area contributed by atoms with Crippen molar-refractivity contribution in [2.24, 2.45) is 0 Å². The maximum Gasteiger partial charge on any atom is 0.0541 e. The van der Waals surface area contributed by atoms with Crippen LogP contribution in [-0.2, 0) is 5.41 Å². The van der Waals surface area contributed by atoms with Gasteiger partial charge in [-0.3, -0.25) is 0 Å². The van der Waals surface area contributed by atoms with Gasteiger partial charge in [-0.15, -0.1) is 0 Å². The lowest BCUT2D eigenvalue weighted by Gasteiger charge is -2.27. The van der Waals surface area contributed by atoms with Gasteiger partial charge < -0.3 is 9.47 Å². The predicted molar refractivity (Wildman–Crippen MR) is 180 cm³/mol. The Kier molecular flexibility index (Phi) is 6.40. The first-order valence-corrected chi connectivity index (χ1v) is 14.6. The molecule has 2 nitrogen and oxygen atoms in total. The summed E-state index contributed by atoms with van der Waals surface area (Å²) >= 11 is 0. The maximum atomic E-state index is 2.36. The minimum absolute atomic E-state index is 0.120. The van der Waals surface area contributed by atoms with Crippen molar-refractivity contribution in [1.82, 2.24) is 4.57 Å². The Morgan fingerprint density at radius 3 is 1.38 bits per heavy atom. The summed E-state index contributed by atoms with van der Waals surface area (Å²) in [6, 6.07) is 54.7. The van der Waals surface area contributed by atoms with E-state index in [0.29, 0.717) is 0 Å². The molecule has 0 bridgehead atoms. The highest BCUT2D eigenvalue weighted by atomic mass is 15.1. The van der Waals surface area contributed by atoms with Crippen molar-refractivity contribution in [2.45, 2.75) is 26.2 Å². The minimum Gasteiger partial charge on any atom is -0.311 e. The Bertz CT molecular complexity index is 1920. The zero-order valence-corrected chi connectivity index (χ0v) is 24.3. The zero-order chi connectivity index (χ0) is 28.7. The van der Waals surface area contributed by atoms with E-state index < -0.39 is 0 Å². The van der Waals surface area contributed by atoms with Crippen molar-refractivity contribution >= 4 is 38.9 Å². The molecule has 2 heteroatoms. The van der Waals surface area contributed by atoms with Crippen LogP contribution in [0.2, 0.25) is 0 Å². The summed E-state index contributed by atoms with van der Waals surface area (Å²) in [5, 5.41) is 2.56. The summed E-state index contributed by atoms with van der Waals surface area (Å²) in [7, 11) is 0. The molecule has 6 aromatic carbocycles. The van der Waals surface area contributed by atoms with Crippen LogP contribution >= 0.6 is 0 Å². The normalized spacial score (nSPS) is 11.7. The van der Waals surface area contributed by atoms with Crippen molar-refractivity contribution in [2.75, 3.05) is 4.90 Å². The number of anilines is 3. The number of nitrogens with zero attached hydrogens (tertiary/aromatic N) is 2. The fourth-order valence-electron chi connectivity index (χ4n) is 5.94. The highest BCUT2D eigenvalue weighted by molar-refractivity contribution is 6.09. The fourth-order valence-corrected chi connectivity index (χ4v) is 5.94.